The van der Waals surface area contributed by atoms with Crippen molar-refractivity contribution in [1.29, 1.82) is 0 Å². The first-order chi connectivity index (χ1) is 27.2. The number of thioether (sulfide) groups is 1. The first-order valence-corrected chi connectivity index (χ1v) is 19.5. The molecule has 0 amide bonds. The van der Waals surface area contributed by atoms with Gasteiger partial charge in [0, 0.05) is 21.7 Å². The standard InChI is InChI=1S/C50H36N4S/c1-3-13-34(14-4-1)47-52-48(35-15-5-2-6-16-35)54-49(53-47)40-20-10-19-39(32-40)42-22-12-23-43-41(21-11-24-44(42)43)38-18-9-17-37(31-38)33-27-29-36(30-28-33)50-51-45-25-7-8-26-46(45)55-50/h1-32,49-51H,(H,52,53,54). The summed E-state index contributed by atoms with van der Waals surface area (Å²) in [5, 5.41) is 9.82. The summed E-state index contributed by atoms with van der Waals surface area (Å²) in [5.41, 5.74) is 12.7. The Morgan fingerprint density at radius 1 is 0.400 bits per heavy atom. The summed E-state index contributed by atoms with van der Waals surface area (Å²) in [6.45, 7) is 0. The third kappa shape index (κ3) is 6.49. The molecule has 55 heavy (non-hydrogen) atoms. The molecule has 8 aromatic rings. The third-order valence-electron chi connectivity index (χ3n) is 10.4. The number of nitrogens with zero attached hydrogens (tertiary/aromatic N) is 2. The first-order valence-electron chi connectivity index (χ1n) is 18.6. The van der Waals surface area contributed by atoms with Crippen LogP contribution in [0.4, 0.5) is 5.69 Å². The molecule has 0 saturated heterocycles. The molecule has 0 aliphatic carbocycles. The highest BCUT2D eigenvalue weighted by molar-refractivity contribution is 8.00. The van der Waals surface area contributed by atoms with E-state index in [0.717, 1.165) is 33.9 Å². The monoisotopic (exact) mass is 724 g/mol. The maximum Gasteiger partial charge on any atom is 0.169 e. The predicted octanol–water partition coefficient (Wildman–Crippen LogP) is 12.6. The Balaban J connectivity index is 0.972. The fourth-order valence-corrected chi connectivity index (χ4v) is 8.76. The number of amidine groups is 2. The highest BCUT2D eigenvalue weighted by Crippen LogP contribution is 2.46. The van der Waals surface area contributed by atoms with E-state index < -0.39 is 6.17 Å². The summed E-state index contributed by atoms with van der Waals surface area (Å²) >= 11 is 1.87. The fourth-order valence-electron chi connectivity index (χ4n) is 7.62. The SMILES string of the molecule is c1ccc(C2=NC(c3cccc(-c4cccc5c(-c6cccc(-c7ccc(C8Nc9ccccc9S8)cc7)c6)cccc45)c3)N=C(c3ccccc3)N2)cc1. The molecule has 0 aromatic heterocycles. The Bertz CT molecular complexity index is 2660. The van der Waals surface area contributed by atoms with Crippen molar-refractivity contribution in [2.75, 3.05) is 5.32 Å². The van der Waals surface area contributed by atoms with Crippen LogP contribution >= 0.6 is 11.8 Å². The van der Waals surface area contributed by atoms with E-state index in [2.05, 4.69) is 168 Å². The number of anilines is 1. The van der Waals surface area contributed by atoms with Crippen LogP contribution in [-0.4, -0.2) is 11.7 Å². The Labute approximate surface area is 325 Å². The first kappa shape index (κ1) is 32.9. The quantitative estimate of drug-likeness (QED) is 0.172. The molecule has 8 aromatic carbocycles. The van der Waals surface area contributed by atoms with E-state index in [4.69, 9.17) is 9.98 Å². The van der Waals surface area contributed by atoms with Gasteiger partial charge in [-0.05, 0) is 79.5 Å². The largest absolute Gasteiger partial charge is 0.368 e. The number of benzene rings is 8. The summed E-state index contributed by atoms with van der Waals surface area (Å²) < 4.78 is 0. The molecule has 262 valence electrons. The van der Waals surface area contributed by atoms with Crippen LogP contribution in [-0.2, 0) is 0 Å². The highest BCUT2D eigenvalue weighted by Gasteiger charge is 2.23. The molecule has 0 spiro atoms. The van der Waals surface area contributed by atoms with Crippen LogP contribution in [0.3, 0.4) is 0 Å². The summed E-state index contributed by atoms with van der Waals surface area (Å²) in [6.07, 6.45) is -0.390. The number of fused-ring (bicyclic) bond motifs is 2. The number of aliphatic imine (C=N–C) groups is 2. The van der Waals surface area contributed by atoms with Crippen LogP contribution in [0.5, 0.6) is 0 Å². The second kappa shape index (κ2) is 14.3. The van der Waals surface area contributed by atoms with Crippen molar-refractivity contribution in [2.45, 2.75) is 16.4 Å². The normalized spacial score (nSPS) is 15.1. The minimum atomic E-state index is -0.390. The lowest BCUT2D eigenvalue weighted by molar-refractivity contribution is 0.756. The molecule has 4 nitrogen and oxygen atoms in total. The lowest BCUT2D eigenvalue weighted by Gasteiger charge is -2.22. The Hall–Kier alpha value is -6.69. The van der Waals surface area contributed by atoms with Crippen LogP contribution in [0.25, 0.3) is 44.2 Å². The van der Waals surface area contributed by atoms with Gasteiger partial charge >= 0.3 is 0 Å². The summed E-state index contributed by atoms with van der Waals surface area (Å²) in [6, 6.07) is 69.0. The number of para-hydroxylation sites is 1. The zero-order chi connectivity index (χ0) is 36.6. The number of rotatable bonds is 7. The van der Waals surface area contributed by atoms with Gasteiger partial charge in [-0.1, -0.05) is 182 Å². The molecule has 0 fully saturated rings. The van der Waals surface area contributed by atoms with E-state index in [0.29, 0.717) is 0 Å². The highest BCUT2D eigenvalue weighted by atomic mass is 32.2. The van der Waals surface area contributed by atoms with E-state index in [1.54, 1.807) is 0 Å². The van der Waals surface area contributed by atoms with Gasteiger partial charge in [0.2, 0.25) is 0 Å². The predicted molar refractivity (Wildman–Crippen MR) is 231 cm³/mol. The molecular formula is C50H36N4S. The van der Waals surface area contributed by atoms with E-state index in [1.807, 2.05) is 48.2 Å². The van der Waals surface area contributed by atoms with Gasteiger partial charge in [0.15, 0.2) is 6.17 Å². The third-order valence-corrected chi connectivity index (χ3v) is 11.6. The molecule has 2 aliphatic rings. The topological polar surface area (TPSA) is 48.8 Å². The van der Waals surface area contributed by atoms with E-state index in [1.165, 1.54) is 54.7 Å². The summed E-state index contributed by atoms with van der Waals surface area (Å²) in [4.78, 5) is 11.6. The molecule has 1 unspecified atom stereocenters. The van der Waals surface area contributed by atoms with Gasteiger partial charge in [0.05, 0.1) is 0 Å². The summed E-state index contributed by atoms with van der Waals surface area (Å²) in [5.74, 6) is 1.63. The van der Waals surface area contributed by atoms with E-state index in [-0.39, 0.29) is 5.37 Å². The minimum absolute atomic E-state index is 0.224. The van der Waals surface area contributed by atoms with Gasteiger partial charge < -0.3 is 10.6 Å². The maximum absolute atomic E-state index is 5.13. The Morgan fingerprint density at radius 3 is 1.60 bits per heavy atom. The molecule has 0 saturated carbocycles. The van der Waals surface area contributed by atoms with Gasteiger partial charge in [-0.3, -0.25) is 0 Å². The van der Waals surface area contributed by atoms with Crippen molar-refractivity contribution in [2.24, 2.45) is 9.98 Å². The second-order valence-electron chi connectivity index (χ2n) is 13.9. The summed E-state index contributed by atoms with van der Waals surface area (Å²) in [7, 11) is 0. The van der Waals surface area contributed by atoms with E-state index in [9.17, 15) is 0 Å². The average Bonchev–Trinajstić information content (AvgIpc) is 3.71. The molecule has 2 heterocycles. The van der Waals surface area contributed by atoms with Crippen molar-refractivity contribution in [3.8, 4) is 33.4 Å². The van der Waals surface area contributed by atoms with Crippen molar-refractivity contribution in [3.05, 3.63) is 216 Å². The molecule has 2 N–H and O–H groups in total. The second-order valence-corrected chi connectivity index (χ2v) is 15.0. The Kier molecular flexibility index (Phi) is 8.54. The van der Waals surface area contributed by atoms with Crippen molar-refractivity contribution in [3.63, 3.8) is 0 Å². The van der Waals surface area contributed by atoms with Gasteiger partial charge in [-0.25, -0.2) is 9.98 Å². The molecule has 1 atom stereocenters. The van der Waals surface area contributed by atoms with E-state index >= 15 is 0 Å². The van der Waals surface area contributed by atoms with Crippen LogP contribution in [0.2, 0.25) is 0 Å². The maximum atomic E-state index is 5.13. The van der Waals surface area contributed by atoms with Crippen molar-refractivity contribution in [1.82, 2.24) is 5.32 Å². The van der Waals surface area contributed by atoms with Crippen LogP contribution in [0, 0.1) is 0 Å². The Morgan fingerprint density at radius 2 is 0.945 bits per heavy atom. The molecular weight excluding hydrogens is 689 g/mol. The molecule has 0 bridgehead atoms. The molecule has 5 heteroatoms. The van der Waals surface area contributed by atoms with Gasteiger partial charge in [0.1, 0.15) is 17.0 Å². The average molecular weight is 725 g/mol. The smallest absolute Gasteiger partial charge is 0.169 e. The zero-order valence-corrected chi connectivity index (χ0v) is 30.7. The van der Waals surface area contributed by atoms with Crippen LogP contribution in [0.1, 0.15) is 33.8 Å². The van der Waals surface area contributed by atoms with Gasteiger partial charge in [-0.15, -0.1) is 0 Å². The molecule has 10 rings (SSSR count). The number of hydrogen-bond donors (Lipinski definition) is 2. The lowest BCUT2D eigenvalue weighted by atomic mass is 9.91. The van der Waals surface area contributed by atoms with Crippen molar-refractivity contribution >= 4 is 39.9 Å². The minimum Gasteiger partial charge on any atom is -0.368 e. The van der Waals surface area contributed by atoms with Crippen LogP contribution < -0.4 is 10.6 Å². The number of nitrogens with one attached hydrogen (secondary N) is 2. The number of hydrogen-bond acceptors (Lipinski definition) is 5. The van der Waals surface area contributed by atoms with Gasteiger partial charge in [0.25, 0.3) is 0 Å². The van der Waals surface area contributed by atoms with Gasteiger partial charge in [-0.2, -0.15) is 0 Å². The fraction of sp³-hybridized carbons (Fsp3) is 0.0400. The lowest BCUT2D eigenvalue weighted by Crippen LogP contribution is -2.35. The molecule has 0 radical (unpaired) electrons. The molecule has 2 aliphatic heterocycles. The zero-order valence-electron chi connectivity index (χ0n) is 29.9. The van der Waals surface area contributed by atoms with Crippen molar-refractivity contribution < 1.29 is 0 Å². The van der Waals surface area contributed by atoms with Crippen LogP contribution in [0.15, 0.2) is 209 Å².